The highest BCUT2D eigenvalue weighted by Crippen LogP contribution is 2.30. The van der Waals surface area contributed by atoms with Crippen LogP contribution in [0, 0.1) is 0 Å². The molecule has 1 aromatic carbocycles. The Morgan fingerprint density at radius 2 is 1.83 bits per heavy atom. The van der Waals surface area contributed by atoms with Crippen LogP contribution in [0.2, 0.25) is 0 Å². The summed E-state index contributed by atoms with van der Waals surface area (Å²) in [6.45, 7) is 1.14. The van der Waals surface area contributed by atoms with E-state index in [1.54, 1.807) is 0 Å². The normalized spacial score (nSPS) is 13.0. The Morgan fingerprint density at radius 1 is 1.21 bits per heavy atom. The number of rotatable bonds is 4. The highest BCUT2D eigenvalue weighted by molar-refractivity contribution is 5.89. The van der Waals surface area contributed by atoms with Gasteiger partial charge in [-0.2, -0.15) is 18.3 Å². The molecule has 10 heteroatoms. The molecule has 0 saturated carbocycles. The van der Waals surface area contributed by atoms with Crippen LogP contribution < -0.4 is 10.6 Å². The van der Waals surface area contributed by atoms with Crippen LogP contribution >= 0.6 is 0 Å². The molecule has 3 N–H and O–H groups in total. The van der Waals surface area contributed by atoms with E-state index in [0.29, 0.717) is 11.3 Å². The number of aromatic amines is 1. The van der Waals surface area contributed by atoms with Crippen LogP contribution in [-0.4, -0.2) is 28.7 Å². The zero-order valence-corrected chi connectivity index (χ0v) is 12.3. The predicted molar refractivity (Wildman–Crippen MR) is 76.6 cm³/mol. The van der Waals surface area contributed by atoms with E-state index >= 15 is 0 Å². The molecule has 1 heterocycles. The first kappa shape index (κ1) is 17.7. The van der Waals surface area contributed by atoms with Crippen molar-refractivity contribution in [2.24, 2.45) is 0 Å². The molecule has 0 saturated heterocycles. The molecule has 1 atom stereocenters. The molecule has 1 aromatic heterocycles. The summed E-state index contributed by atoms with van der Waals surface area (Å²) in [6, 6.07) is 3.50. The Hall–Kier alpha value is -2.65. The standard InChI is InChI=1S/C14H13F5N4O/c1-7(12(15)16)20-13(24)21-11-6-10(22-23-11)8-2-4-9(5-3-8)14(17,18)19/h2-7,12H,1H3,(H3,20,21,22,23,24)/t7-/m0/s1. The molecular formula is C14H13F5N4O. The molecule has 0 unspecified atom stereocenters. The van der Waals surface area contributed by atoms with E-state index in [1.807, 2.05) is 5.32 Å². The van der Waals surface area contributed by atoms with E-state index < -0.39 is 30.2 Å². The van der Waals surface area contributed by atoms with Crippen LogP contribution in [0.4, 0.5) is 32.6 Å². The van der Waals surface area contributed by atoms with Crippen molar-refractivity contribution in [3.05, 3.63) is 35.9 Å². The third kappa shape index (κ3) is 4.43. The number of anilines is 1. The van der Waals surface area contributed by atoms with Crippen molar-refractivity contribution in [2.45, 2.75) is 25.6 Å². The van der Waals surface area contributed by atoms with Gasteiger partial charge in [-0.25, -0.2) is 13.6 Å². The topological polar surface area (TPSA) is 69.8 Å². The van der Waals surface area contributed by atoms with Gasteiger partial charge in [0.05, 0.1) is 17.3 Å². The molecule has 2 rings (SSSR count). The Morgan fingerprint density at radius 3 is 2.38 bits per heavy atom. The third-order valence-electron chi connectivity index (χ3n) is 3.08. The molecule has 2 aromatic rings. The van der Waals surface area contributed by atoms with E-state index in [1.165, 1.54) is 18.2 Å². The minimum absolute atomic E-state index is 0.0452. The monoisotopic (exact) mass is 348 g/mol. The van der Waals surface area contributed by atoms with Gasteiger partial charge in [-0.05, 0) is 24.6 Å². The summed E-state index contributed by atoms with van der Waals surface area (Å²) < 4.78 is 62.2. The van der Waals surface area contributed by atoms with Crippen molar-refractivity contribution in [3.8, 4) is 11.3 Å². The number of nitrogens with zero attached hydrogens (tertiary/aromatic N) is 1. The lowest BCUT2D eigenvalue weighted by atomic mass is 10.1. The highest BCUT2D eigenvalue weighted by Gasteiger charge is 2.30. The van der Waals surface area contributed by atoms with Gasteiger partial charge in [-0.1, -0.05) is 12.1 Å². The second-order valence-corrected chi connectivity index (χ2v) is 4.96. The molecule has 0 aliphatic carbocycles. The number of halogens is 5. The number of carbonyl (C=O) groups excluding carboxylic acids is 1. The van der Waals surface area contributed by atoms with Crippen LogP contribution in [0.25, 0.3) is 11.3 Å². The van der Waals surface area contributed by atoms with Gasteiger partial charge in [0.15, 0.2) is 5.82 Å². The summed E-state index contributed by atoms with van der Waals surface area (Å²) in [5.74, 6) is 0.0452. The number of amides is 2. The lowest BCUT2D eigenvalue weighted by Crippen LogP contribution is -2.40. The SMILES string of the molecule is C[C@H](NC(=O)Nc1cc(-c2ccc(C(F)(F)F)cc2)[nH]n1)C(F)F. The second kappa shape index (κ2) is 6.85. The maximum Gasteiger partial charge on any atom is 0.416 e. The van der Waals surface area contributed by atoms with E-state index in [-0.39, 0.29) is 5.82 Å². The van der Waals surface area contributed by atoms with Gasteiger partial charge in [0.1, 0.15) is 0 Å². The number of nitrogens with one attached hydrogen (secondary N) is 3. The first-order chi connectivity index (χ1) is 11.2. The first-order valence-electron chi connectivity index (χ1n) is 6.75. The average Bonchev–Trinajstić information content (AvgIpc) is 2.94. The van der Waals surface area contributed by atoms with E-state index in [0.717, 1.165) is 19.1 Å². The van der Waals surface area contributed by atoms with Crippen molar-refractivity contribution in [1.29, 1.82) is 0 Å². The second-order valence-electron chi connectivity index (χ2n) is 4.96. The maximum atomic E-state index is 12.5. The maximum absolute atomic E-state index is 12.5. The number of carbonyl (C=O) groups is 1. The van der Waals surface area contributed by atoms with Crippen LogP contribution in [-0.2, 0) is 6.18 Å². The van der Waals surface area contributed by atoms with Crippen molar-refractivity contribution in [1.82, 2.24) is 15.5 Å². The van der Waals surface area contributed by atoms with E-state index in [2.05, 4.69) is 15.5 Å². The summed E-state index contributed by atoms with van der Waals surface area (Å²) in [4.78, 5) is 11.5. The Bertz CT molecular complexity index is 696. The highest BCUT2D eigenvalue weighted by atomic mass is 19.4. The van der Waals surface area contributed by atoms with E-state index in [9.17, 15) is 26.7 Å². The van der Waals surface area contributed by atoms with Crippen LogP contribution in [0.5, 0.6) is 0 Å². The lowest BCUT2D eigenvalue weighted by molar-refractivity contribution is -0.137. The summed E-state index contributed by atoms with van der Waals surface area (Å²) in [6.07, 6.45) is -7.14. The predicted octanol–water partition coefficient (Wildman–Crippen LogP) is 3.87. The summed E-state index contributed by atoms with van der Waals surface area (Å²) in [5, 5.41) is 10.6. The number of urea groups is 1. The molecule has 130 valence electrons. The number of alkyl halides is 5. The number of hydrogen-bond acceptors (Lipinski definition) is 2. The fourth-order valence-electron chi connectivity index (χ4n) is 1.79. The van der Waals surface area contributed by atoms with Crippen molar-refractivity contribution < 1.29 is 26.7 Å². The number of benzene rings is 1. The minimum atomic E-state index is -4.43. The Balaban J connectivity index is 2.04. The molecule has 0 aliphatic heterocycles. The van der Waals surface area contributed by atoms with Gasteiger partial charge < -0.3 is 5.32 Å². The first-order valence-corrected chi connectivity index (χ1v) is 6.75. The van der Waals surface area contributed by atoms with Crippen molar-refractivity contribution in [3.63, 3.8) is 0 Å². The largest absolute Gasteiger partial charge is 0.416 e. The van der Waals surface area contributed by atoms with Crippen LogP contribution in [0.15, 0.2) is 30.3 Å². The van der Waals surface area contributed by atoms with Gasteiger partial charge in [0.2, 0.25) is 0 Å². The van der Waals surface area contributed by atoms with Crippen LogP contribution in [0.1, 0.15) is 12.5 Å². The number of aromatic nitrogens is 2. The van der Waals surface area contributed by atoms with Crippen LogP contribution in [0.3, 0.4) is 0 Å². The lowest BCUT2D eigenvalue weighted by Gasteiger charge is -2.12. The Kier molecular flexibility index (Phi) is 5.05. The van der Waals surface area contributed by atoms with Gasteiger partial charge in [0.25, 0.3) is 6.43 Å². The molecule has 24 heavy (non-hydrogen) atoms. The quantitative estimate of drug-likeness (QED) is 0.734. The zero-order valence-electron chi connectivity index (χ0n) is 12.3. The number of H-pyrrole nitrogens is 1. The molecule has 0 aliphatic rings. The van der Waals surface area contributed by atoms with Crippen molar-refractivity contribution >= 4 is 11.8 Å². The van der Waals surface area contributed by atoms with Crippen molar-refractivity contribution in [2.75, 3.05) is 5.32 Å². The van der Waals surface area contributed by atoms with Gasteiger partial charge in [-0.15, -0.1) is 0 Å². The summed E-state index contributed by atoms with van der Waals surface area (Å²) in [5.41, 5.74) is -0.00434. The fourth-order valence-corrected chi connectivity index (χ4v) is 1.79. The summed E-state index contributed by atoms with van der Waals surface area (Å²) in [7, 11) is 0. The summed E-state index contributed by atoms with van der Waals surface area (Å²) >= 11 is 0. The Labute approximate surface area is 133 Å². The molecule has 0 radical (unpaired) electrons. The molecule has 0 fully saturated rings. The minimum Gasteiger partial charge on any atom is -0.330 e. The van der Waals surface area contributed by atoms with Gasteiger partial charge >= 0.3 is 12.2 Å². The molecule has 0 bridgehead atoms. The third-order valence-corrected chi connectivity index (χ3v) is 3.08. The molecule has 2 amide bonds. The fraction of sp³-hybridized carbons (Fsp3) is 0.286. The molecule has 5 nitrogen and oxygen atoms in total. The average molecular weight is 348 g/mol. The van der Waals surface area contributed by atoms with Gasteiger partial charge in [-0.3, -0.25) is 10.4 Å². The number of hydrogen-bond donors (Lipinski definition) is 3. The van der Waals surface area contributed by atoms with Gasteiger partial charge in [0, 0.05) is 6.07 Å². The molecule has 0 spiro atoms. The molecular weight excluding hydrogens is 335 g/mol. The smallest absolute Gasteiger partial charge is 0.330 e. The zero-order chi connectivity index (χ0) is 17.9. The van der Waals surface area contributed by atoms with E-state index in [4.69, 9.17) is 0 Å².